The number of carbonyl (C=O) groups is 1. The molecule has 1 aromatic heterocycles. The highest BCUT2D eigenvalue weighted by Gasteiger charge is 2.25. The van der Waals surface area contributed by atoms with Gasteiger partial charge in [0.15, 0.2) is 0 Å². The lowest BCUT2D eigenvalue weighted by Crippen LogP contribution is -2.20. The first-order chi connectivity index (χ1) is 8.93. The van der Waals surface area contributed by atoms with E-state index in [2.05, 4.69) is 24.2 Å². The molecular weight excluding hydrogens is 240 g/mol. The molecule has 4 heteroatoms. The Labute approximate surface area is 113 Å². The maximum Gasteiger partial charge on any atom is 0.303 e. The van der Waals surface area contributed by atoms with Crippen molar-refractivity contribution in [2.75, 3.05) is 0 Å². The molecule has 102 valence electrons. The summed E-state index contributed by atoms with van der Waals surface area (Å²) in [5, 5.41) is 14.7. The van der Waals surface area contributed by atoms with Crippen LogP contribution in [-0.2, 0) is 17.8 Å². The van der Waals surface area contributed by atoms with Gasteiger partial charge < -0.3 is 5.11 Å². The molecule has 2 aromatic rings. The second kappa shape index (κ2) is 5.03. The highest BCUT2D eigenvalue weighted by Crippen LogP contribution is 2.29. The Morgan fingerprint density at radius 3 is 2.68 bits per heavy atom. The van der Waals surface area contributed by atoms with Gasteiger partial charge in [-0.3, -0.25) is 9.48 Å². The van der Waals surface area contributed by atoms with Gasteiger partial charge in [-0.25, -0.2) is 0 Å². The Bertz CT molecular complexity index is 599. The smallest absolute Gasteiger partial charge is 0.303 e. The average Bonchev–Trinajstić information content (AvgIpc) is 2.65. The molecule has 0 bridgehead atoms. The van der Waals surface area contributed by atoms with E-state index in [0.717, 1.165) is 23.1 Å². The predicted molar refractivity (Wildman–Crippen MR) is 75.1 cm³/mol. The topological polar surface area (TPSA) is 55.1 Å². The lowest BCUT2D eigenvalue weighted by Gasteiger charge is -2.21. The third-order valence-electron chi connectivity index (χ3n) is 3.31. The SMILES string of the molecule is CCn1nc(CC(C)(C)CC(=O)O)c2ccccc21. The summed E-state index contributed by atoms with van der Waals surface area (Å²) >= 11 is 0. The van der Waals surface area contributed by atoms with Gasteiger partial charge in [0.2, 0.25) is 0 Å². The van der Waals surface area contributed by atoms with Crippen molar-refractivity contribution in [3.05, 3.63) is 30.0 Å². The van der Waals surface area contributed by atoms with Crippen molar-refractivity contribution in [3.63, 3.8) is 0 Å². The van der Waals surface area contributed by atoms with Crippen LogP contribution in [0.15, 0.2) is 24.3 Å². The van der Waals surface area contributed by atoms with Crippen LogP contribution in [-0.4, -0.2) is 20.9 Å². The minimum atomic E-state index is -0.760. The number of carboxylic acids is 1. The van der Waals surface area contributed by atoms with Crippen molar-refractivity contribution in [1.29, 1.82) is 0 Å². The van der Waals surface area contributed by atoms with Gasteiger partial charge in [0.25, 0.3) is 0 Å². The molecule has 0 aliphatic rings. The van der Waals surface area contributed by atoms with Gasteiger partial charge in [0.05, 0.1) is 17.6 Å². The number of aliphatic carboxylic acids is 1. The first-order valence-electron chi connectivity index (χ1n) is 6.59. The van der Waals surface area contributed by atoms with E-state index < -0.39 is 5.97 Å². The summed E-state index contributed by atoms with van der Waals surface area (Å²) in [5.41, 5.74) is 1.82. The number of nitrogens with zero attached hydrogens (tertiary/aromatic N) is 2. The van der Waals surface area contributed by atoms with E-state index in [1.54, 1.807) is 0 Å². The zero-order valence-corrected chi connectivity index (χ0v) is 11.7. The molecule has 0 aliphatic heterocycles. The summed E-state index contributed by atoms with van der Waals surface area (Å²) in [5.74, 6) is -0.760. The number of aryl methyl sites for hydroxylation is 1. The van der Waals surface area contributed by atoms with Crippen LogP contribution in [0.5, 0.6) is 0 Å². The van der Waals surface area contributed by atoms with E-state index in [1.807, 2.05) is 30.7 Å². The molecule has 0 unspecified atom stereocenters. The maximum absolute atomic E-state index is 10.9. The summed E-state index contributed by atoms with van der Waals surface area (Å²) in [4.78, 5) is 10.9. The zero-order chi connectivity index (χ0) is 14.0. The van der Waals surface area contributed by atoms with Crippen LogP contribution >= 0.6 is 0 Å². The standard InChI is InChI=1S/C15H20N2O2/c1-4-17-13-8-6-5-7-11(13)12(16-17)9-15(2,3)10-14(18)19/h5-8H,4,9-10H2,1-3H3,(H,18,19). The largest absolute Gasteiger partial charge is 0.481 e. The van der Waals surface area contributed by atoms with Crippen molar-refractivity contribution >= 4 is 16.9 Å². The Morgan fingerprint density at radius 2 is 2.05 bits per heavy atom. The number of rotatable bonds is 5. The fourth-order valence-corrected chi connectivity index (χ4v) is 2.49. The van der Waals surface area contributed by atoms with Gasteiger partial charge >= 0.3 is 5.97 Å². The molecule has 0 amide bonds. The quantitative estimate of drug-likeness (QED) is 0.898. The molecule has 4 nitrogen and oxygen atoms in total. The third kappa shape index (κ3) is 2.95. The number of fused-ring (bicyclic) bond motifs is 1. The Morgan fingerprint density at radius 1 is 1.37 bits per heavy atom. The van der Waals surface area contributed by atoms with E-state index in [-0.39, 0.29) is 11.8 Å². The lowest BCUT2D eigenvalue weighted by atomic mass is 9.84. The lowest BCUT2D eigenvalue weighted by molar-refractivity contribution is -0.139. The minimum absolute atomic E-state index is 0.153. The van der Waals surface area contributed by atoms with Gasteiger partial charge in [0.1, 0.15) is 0 Å². The fourth-order valence-electron chi connectivity index (χ4n) is 2.49. The average molecular weight is 260 g/mol. The van der Waals surface area contributed by atoms with Crippen LogP contribution in [0.25, 0.3) is 10.9 Å². The predicted octanol–water partition coefficient (Wildman–Crippen LogP) is 3.10. The van der Waals surface area contributed by atoms with Crippen LogP contribution in [0.3, 0.4) is 0 Å². The van der Waals surface area contributed by atoms with Crippen LogP contribution in [0, 0.1) is 5.41 Å². The normalized spacial score (nSPS) is 11.9. The summed E-state index contributed by atoms with van der Waals surface area (Å²) in [6, 6.07) is 8.11. The van der Waals surface area contributed by atoms with Gasteiger partial charge in [-0.15, -0.1) is 0 Å². The monoisotopic (exact) mass is 260 g/mol. The number of benzene rings is 1. The van der Waals surface area contributed by atoms with E-state index in [1.165, 1.54) is 0 Å². The molecule has 0 radical (unpaired) electrons. The molecule has 0 fully saturated rings. The highest BCUT2D eigenvalue weighted by molar-refractivity contribution is 5.82. The summed E-state index contributed by atoms with van der Waals surface area (Å²) in [6.07, 6.45) is 0.827. The minimum Gasteiger partial charge on any atom is -0.481 e. The molecule has 0 aliphatic carbocycles. The summed E-state index contributed by atoms with van der Waals surface area (Å²) in [7, 11) is 0. The molecule has 1 N–H and O–H groups in total. The Hall–Kier alpha value is -1.84. The zero-order valence-electron chi connectivity index (χ0n) is 11.7. The van der Waals surface area contributed by atoms with E-state index in [9.17, 15) is 4.79 Å². The first-order valence-corrected chi connectivity index (χ1v) is 6.59. The van der Waals surface area contributed by atoms with Crippen molar-refractivity contribution in [1.82, 2.24) is 9.78 Å². The van der Waals surface area contributed by atoms with E-state index in [4.69, 9.17) is 5.11 Å². The van der Waals surface area contributed by atoms with Crippen LogP contribution in [0.4, 0.5) is 0 Å². The number of hydrogen-bond acceptors (Lipinski definition) is 2. The summed E-state index contributed by atoms with van der Waals surface area (Å²) < 4.78 is 1.97. The van der Waals surface area contributed by atoms with Crippen molar-refractivity contribution in [2.24, 2.45) is 5.41 Å². The molecule has 0 saturated heterocycles. The summed E-state index contributed by atoms with van der Waals surface area (Å²) in [6.45, 7) is 6.83. The maximum atomic E-state index is 10.9. The molecule has 2 rings (SSSR count). The fraction of sp³-hybridized carbons (Fsp3) is 0.467. The molecule has 19 heavy (non-hydrogen) atoms. The van der Waals surface area contributed by atoms with Gasteiger partial charge in [-0.2, -0.15) is 5.10 Å². The molecule has 0 saturated carbocycles. The first kappa shape index (κ1) is 13.6. The van der Waals surface area contributed by atoms with Crippen LogP contribution in [0.1, 0.15) is 32.9 Å². The number of para-hydroxylation sites is 1. The van der Waals surface area contributed by atoms with Crippen LogP contribution < -0.4 is 0 Å². The van der Waals surface area contributed by atoms with E-state index >= 15 is 0 Å². The van der Waals surface area contributed by atoms with Crippen molar-refractivity contribution in [2.45, 2.75) is 40.2 Å². The van der Waals surface area contributed by atoms with Gasteiger partial charge in [-0.1, -0.05) is 32.0 Å². The van der Waals surface area contributed by atoms with Gasteiger partial charge in [-0.05, 0) is 24.8 Å². The molecule has 1 heterocycles. The number of hydrogen-bond donors (Lipinski definition) is 1. The van der Waals surface area contributed by atoms with Crippen LogP contribution in [0.2, 0.25) is 0 Å². The second-order valence-corrected chi connectivity index (χ2v) is 5.69. The molecule has 0 spiro atoms. The second-order valence-electron chi connectivity index (χ2n) is 5.69. The Kier molecular flexibility index (Phi) is 3.60. The molecular formula is C15H20N2O2. The van der Waals surface area contributed by atoms with Gasteiger partial charge in [0, 0.05) is 11.9 Å². The van der Waals surface area contributed by atoms with Crippen molar-refractivity contribution in [3.8, 4) is 0 Å². The molecule has 0 atom stereocenters. The van der Waals surface area contributed by atoms with E-state index in [0.29, 0.717) is 6.42 Å². The molecule has 1 aromatic carbocycles. The number of aromatic nitrogens is 2. The highest BCUT2D eigenvalue weighted by atomic mass is 16.4. The third-order valence-corrected chi connectivity index (χ3v) is 3.31. The van der Waals surface area contributed by atoms with Crippen molar-refractivity contribution < 1.29 is 9.90 Å². The number of carboxylic acid groups (broad SMARTS) is 1. The Balaban J connectivity index is 2.38.